The highest BCUT2D eigenvalue weighted by Gasteiger charge is 2.08. The summed E-state index contributed by atoms with van der Waals surface area (Å²) in [6.45, 7) is 0. The van der Waals surface area contributed by atoms with E-state index in [1.807, 2.05) is 0 Å². The lowest BCUT2D eigenvalue weighted by Gasteiger charge is -1.98. The van der Waals surface area contributed by atoms with Crippen LogP contribution in [0.5, 0.6) is 0 Å². The summed E-state index contributed by atoms with van der Waals surface area (Å²) >= 11 is 0. The van der Waals surface area contributed by atoms with E-state index in [0.717, 1.165) is 0 Å². The number of hydrogen-bond acceptors (Lipinski definition) is 3. The number of benzene rings is 1. The highest BCUT2D eigenvalue weighted by molar-refractivity contribution is 5.64. The molecule has 2 rings (SSSR count). The third-order valence-corrected chi connectivity index (χ3v) is 2.30. The molecule has 0 saturated heterocycles. The summed E-state index contributed by atoms with van der Waals surface area (Å²) in [5, 5.41) is 12.9. The Morgan fingerprint density at radius 1 is 1.44 bits per heavy atom. The molecule has 0 atom stereocenters. The fourth-order valence-electron chi connectivity index (χ4n) is 1.39. The Morgan fingerprint density at radius 2 is 2.19 bits per heavy atom. The Hall–Kier alpha value is -2.35. The Balaban J connectivity index is 2.53. The second-order valence-corrected chi connectivity index (χ2v) is 3.38. The first-order valence-electron chi connectivity index (χ1n) is 4.61. The van der Waals surface area contributed by atoms with Crippen LogP contribution in [0.4, 0.5) is 10.2 Å². The minimum atomic E-state index is -0.532. The fourth-order valence-corrected chi connectivity index (χ4v) is 1.39. The second-order valence-electron chi connectivity index (χ2n) is 3.38. The summed E-state index contributed by atoms with van der Waals surface area (Å²) in [4.78, 5) is 0. The van der Waals surface area contributed by atoms with Crippen molar-refractivity contribution in [2.24, 2.45) is 7.05 Å². The molecule has 0 spiro atoms. The van der Waals surface area contributed by atoms with Gasteiger partial charge < -0.3 is 5.73 Å². The van der Waals surface area contributed by atoms with Crippen LogP contribution in [0.15, 0.2) is 24.3 Å². The summed E-state index contributed by atoms with van der Waals surface area (Å²) in [5.74, 6) is -0.0204. The van der Waals surface area contributed by atoms with Gasteiger partial charge in [-0.15, -0.1) is 0 Å². The van der Waals surface area contributed by atoms with Crippen LogP contribution in [0.1, 0.15) is 5.56 Å². The highest BCUT2D eigenvalue weighted by Crippen LogP contribution is 2.22. The maximum Gasteiger partial charge on any atom is 0.140 e. The summed E-state index contributed by atoms with van der Waals surface area (Å²) < 4.78 is 14.6. The van der Waals surface area contributed by atoms with E-state index in [1.54, 1.807) is 25.2 Å². The summed E-state index contributed by atoms with van der Waals surface area (Å²) in [6, 6.07) is 7.73. The van der Waals surface area contributed by atoms with Crippen molar-refractivity contribution in [3.8, 4) is 17.3 Å². The van der Waals surface area contributed by atoms with Gasteiger partial charge >= 0.3 is 0 Å². The molecule has 0 fully saturated rings. The Kier molecular flexibility index (Phi) is 2.33. The number of halogens is 1. The molecule has 2 aromatic rings. The Morgan fingerprint density at radius 3 is 2.75 bits per heavy atom. The second kappa shape index (κ2) is 3.66. The van der Waals surface area contributed by atoms with Gasteiger partial charge in [-0.3, -0.25) is 4.68 Å². The zero-order valence-electron chi connectivity index (χ0n) is 8.61. The first-order valence-corrected chi connectivity index (χ1v) is 4.61. The highest BCUT2D eigenvalue weighted by atomic mass is 19.1. The third kappa shape index (κ3) is 1.61. The van der Waals surface area contributed by atoms with E-state index in [-0.39, 0.29) is 5.56 Å². The minimum absolute atomic E-state index is 0.00160. The summed E-state index contributed by atoms with van der Waals surface area (Å²) in [7, 11) is 1.72. The molecule has 0 saturated carbocycles. The van der Waals surface area contributed by atoms with Gasteiger partial charge in [-0.25, -0.2) is 4.39 Å². The van der Waals surface area contributed by atoms with E-state index < -0.39 is 5.82 Å². The number of anilines is 1. The van der Waals surface area contributed by atoms with Gasteiger partial charge in [0.25, 0.3) is 0 Å². The molecule has 4 nitrogen and oxygen atoms in total. The van der Waals surface area contributed by atoms with Crippen molar-refractivity contribution >= 4 is 5.82 Å². The van der Waals surface area contributed by atoms with E-state index in [9.17, 15) is 4.39 Å². The largest absolute Gasteiger partial charge is 0.384 e. The Bertz CT molecular complexity index is 561. The van der Waals surface area contributed by atoms with E-state index >= 15 is 0 Å². The van der Waals surface area contributed by atoms with Crippen molar-refractivity contribution in [2.45, 2.75) is 0 Å². The molecule has 0 bridgehead atoms. The van der Waals surface area contributed by atoms with Crippen LogP contribution in [0.3, 0.4) is 0 Å². The van der Waals surface area contributed by atoms with Gasteiger partial charge in [-0.2, -0.15) is 10.4 Å². The topological polar surface area (TPSA) is 67.6 Å². The van der Waals surface area contributed by atoms with Crippen molar-refractivity contribution in [1.82, 2.24) is 9.78 Å². The number of hydrogen-bond donors (Lipinski definition) is 1. The van der Waals surface area contributed by atoms with E-state index in [2.05, 4.69) is 5.10 Å². The SMILES string of the molecule is Cn1nc(-c2ccc(F)c(C#N)c2)cc1N. The summed E-state index contributed by atoms with van der Waals surface area (Å²) in [5.41, 5.74) is 6.93. The summed E-state index contributed by atoms with van der Waals surface area (Å²) in [6.07, 6.45) is 0. The van der Waals surface area contributed by atoms with Crippen molar-refractivity contribution in [2.75, 3.05) is 5.73 Å². The maximum atomic E-state index is 13.1. The zero-order chi connectivity index (χ0) is 11.7. The van der Waals surface area contributed by atoms with Crippen LogP contribution >= 0.6 is 0 Å². The van der Waals surface area contributed by atoms with E-state index in [1.165, 1.54) is 16.8 Å². The van der Waals surface area contributed by atoms with Gasteiger partial charge in [0.05, 0.1) is 11.3 Å². The molecule has 0 unspecified atom stereocenters. The van der Waals surface area contributed by atoms with Gasteiger partial charge in [0.2, 0.25) is 0 Å². The maximum absolute atomic E-state index is 13.1. The average Bonchev–Trinajstić information content (AvgIpc) is 2.60. The predicted octanol–water partition coefficient (Wildman–Crippen LogP) is 1.68. The molecule has 5 heteroatoms. The van der Waals surface area contributed by atoms with Crippen molar-refractivity contribution in [1.29, 1.82) is 5.26 Å². The molecule has 0 aliphatic rings. The number of rotatable bonds is 1. The predicted molar refractivity (Wildman–Crippen MR) is 57.7 cm³/mol. The lowest BCUT2D eigenvalue weighted by Crippen LogP contribution is -1.96. The van der Waals surface area contributed by atoms with Crippen molar-refractivity contribution in [3.05, 3.63) is 35.6 Å². The van der Waals surface area contributed by atoms with Gasteiger partial charge in [-0.05, 0) is 18.2 Å². The van der Waals surface area contributed by atoms with Crippen LogP contribution in [-0.4, -0.2) is 9.78 Å². The number of nitrogen functional groups attached to an aromatic ring is 1. The fraction of sp³-hybridized carbons (Fsp3) is 0.0909. The molecule has 80 valence electrons. The lowest BCUT2D eigenvalue weighted by atomic mass is 10.1. The minimum Gasteiger partial charge on any atom is -0.384 e. The van der Waals surface area contributed by atoms with Crippen molar-refractivity contribution < 1.29 is 4.39 Å². The third-order valence-electron chi connectivity index (χ3n) is 2.30. The molecule has 0 radical (unpaired) electrons. The van der Waals surface area contributed by atoms with Gasteiger partial charge in [-0.1, -0.05) is 0 Å². The molecular weight excluding hydrogens is 207 g/mol. The van der Waals surface area contributed by atoms with Crippen LogP contribution in [0.25, 0.3) is 11.3 Å². The lowest BCUT2D eigenvalue weighted by molar-refractivity contribution is 0.624. The monoisotopic (exact) mass is 216 g/mol. The first kappa shape index (κ1) is 10.2. The van der Waals surface area contributed by atoms with Crippen LogP contribution in [0.2, 0.25) is 0 Å². The molecule has 2 N–H and O–H groups in total. The Labute approximate surface area is 91.7 Å². The van der Waals surface area contributed by atoms with Gasteiger partial charge in [0.15, 0.2) is 0 Å². The molecule has 0 aliphatic carbocycles. The van der Waals surface area contributed by atoms with E-state index in [0.29, 0.717) is 17.1 Å². The molecule has 1 aromatic heterocycles. The van der Waals surface area contributed by atoms with Gasteiger partial charge in [0, 0.05) is 18.7 Å². The molecule has 16 heavy (non-hydrogen) atoms. The van der Waals surface area contributed by atoms with Gasteiger partial charge in [0.1, 0.15) is 17.7 Å². The van der Waals surface area contributed by atoms with E-state index in [4.69, 9.17) is 11.0 Å². The molecular formula is C11H9FN4. The zero-order valence-corrected chi connectivity index (χ0v) is 8.61. The molecule has 1 aromatic carbocycles. The molecule has 0 aliphatic heterocycles. The van der Waals surface area contributed by atoms with Crippen LogP contribution < -0.4 is 5.73 Å². The standard InChI is InChI=1S/C11H9FN4/c1-16-11(14)5-10(15-16)7-2-3-9(12)8(4-7)6-13/h2-5H,14H2,1H3. The number of aryl methyl sites for hydroxylation is 1. The van der Waals surface area contributed by atoms with Crippen LogP contribution in [-0.2, 0) is 7.05 Å². The molecule has 0 amide bonds. The number of aromatic nitrogens is 2. The van der Waals surface area contributed by atoms with Crippen molar-refractivity contribution in [3.63, 3.8) is 0 Å². The van der Waals surface area contributed by atoms with Crippen LogP contribution in [0, 0.1) is 17.1 Å². The molecule has 1 heterocycles. The quantitative estimate of drug-likeness (QED) is 0.788. The number of nitrogens with zero attached hydrogens (tertiary/aromatic N) is 3. The first-order chi connectivity index (χ1) is 7.61. The number of nitriles is 1. The normalized spacial score (nSPS) is 10.1. The number of nitrogens with two attached hydrogens (primary N) is 1. The average molecular weight is 216 g/mol. The smallest absolute Gasteiger partial charge is 0.140 e.